The number of rotatable bonds is 25. The van der Waals surface area contributed by atoms with Crippen molar-refractivity contribution in [2.45, 2.75) is 94.9 Å². The van der Waals surface area contributed by atoms with Crippen LogP contribution in [0.5, 0.6) is 23.0 Å². The second-order valence-corrected chi connectivity index (χ2v) is 22.6. The molecule has 0 fully saturated rings. The van der Waals surface area contributed by atoms with E-state index in [1.807, 2.05) is 26.0 Å². The molecule has 0 saturated heterocycles. The molecule has 8 rings (SSSR count). The Bertz CT molecular complexity index is 4630. The minimum Gasteiger partial charge on any atom is -0.478 e. The molecule has 8 aromatic carbocycles. The summed E-state index contributed by atoms with van der Waals surface area (Å²) in [7, 11) is 1.17. The minimum absolute atomic E-state index is 0. The number of benzene rings is 8. The Morgan fingerprint density at radius 2 is 0.735 bits per heavy atom. The summed E-state index contributed by atoms with van der Waals surface area (Å²) in [5.74, 6) is -12.1. The first-order valence-electron chi connectivity index (χ1n) is 32.6. The first kappa shape index (κ1) is 105. The number of methoxy groups -OCH3 is 1. The van der Waals surface area contributed by atoms with Crippen LogP contribution in [0.3, 0.4) is 0 Å². The molecule has 0 aliphatic carbocycles. The molecule has 0 aliphatic rings. The molecule has 4 N–H and O–H groups in total. The van der Waals surface area contributed by atoms with E-state index in [4.69, 9.17) is 45.5 Å². The number of carboxylic acid groups (broad SMARTS) is 1. The molecule has 601 valence electrons. The fourth-order valence-electron chi connectivity index (χ4n) is 9.13. The average Bonchev–Trinajstić information content (AvgIpc) is 0.826. The monoisotopic (exact) mass is 2030 g/mol. The molecule has 0 atom stereocenters. The SMILES string of the molecule is C.C.CC(=O)Oc1ccc(-c2ccc(F)cc2F)cc1C(=O)NCCCO.CC(=O)Oc1ccc(-c2ccc(F)cc2F)cc1C(=O)O.CC/C=C\CC(=O)Cl.CC/C=C\CC(=O)OCCCNC(=O)c1cc(-c2ccc(F)cc2F)ccc1OC(C)=O.COC(=O)c1cc(-c2ccc(F)cc2F)ccc1OC(C)=O.[U].[V].[W]. The number of halogens is 9. The van der Waals surface area contributed by atoms with Crippen LogP contribution < -0.4 is 29.6 Å². The molecule has 0 aliphatic heterocycles. The van der Waals surface area contributed by atoms with Gasteiger partial charge >= 0.3 is 41.8 Å². The van der Waals surface area contributed by atoms with Crippen LogP contribution in [0, 0.1) is 77.7 Å². The molecule has 0 aromatic heterocycles. The Morgan fingerprint density at radius 1 is 0.434 bits per heavy atom. The molecule has 20 nitrogen and oxygen atoms in total. The zero-order chi connectivity index (χ0) is 80.2. The maximum Gasteiger partial charge on any atom is 0.341 e. The summed E-state index contributed by atoms with van der Waals surface area (Å²) >= 11 is 5.02. The van der Waals surface area contributed by atoms with Crippen LogP contribution in [-0.4, -0.2) is 102 Å². The van der Waals surface area contributed by atoms with E-state index in [-0.39, 0.29) is 203 Å². The van der Waals surface area contributed by atoms with E-state index in [2.05, 4.69) is 15.4 Å². The van der Waals surface area contributed by atoms with Gasteiger partial charge < -0.3 is 49.3 Å². The smallest absolute Gasteiger partial charge is 0.341 e. The van der Waals surface area contributed by atoms with Gasteiger partial charge in [0.25, 0.3) is 11.8 Å². The zero-order valence-corrected chi connectivity index (χ0v) is 69.7. The second kappa shape index (κ2) is 54.8. The zero-order valence-electron chi connectivity index (χ0n) is 60.4. The van der Waals surface area contributed by atoms with Crippen LogP contribution >= 0.6 is 11.6 Å². The maximum absolute atomic E-state index is 14.2. The average molecular weight is 2030 g/mol. The third-order valence-electron chi connectivity index (χ3n) is 13.9. The number of aliphatic hydroxyl groups excluding tert-OH is 1. The number of nitrogens with one attached hydrogen (secondary N) is 2. The van der Waals surface area contributed by atoms with Crippen molar-refractivity contribution in [2.24, 2.45) is 0 Å². The fourth-order valence-corrected chi connectivity index (χ4v) is 9.22. The van der Waals surface area contributed by atoms with Crippen molar-refractivity contribution in [1.82, 2.24) is 10.6 Å². The molecule has 0 bridgehead atoms. The Kier molecular flexibility index (Phi) is 51.0. The maximum atomic E-state index is 14.2. The fraction of sp³-hybridized carbons (Fsp3) is 0.235. The summed E-state index contributed by atoms with van der Waals surface area (Å²) < 4.78 is 137. The van der Waals surface area contributed by atoms with E-state index < -0.39 is 94.2 Å². The molecular weight excluding hydrogens is 1950 g/mol. The van der Waals surface area contributed by atoms with Gasteiger partial charge in [-0.05, 0) is 157 Å². The minimum atomic E-state index is -1.32. The van der Waals surface area contributed by atoms with E-state index in [1.54, 1.807) is 12.2 Å². The Labute approximate surface area is 702 Å². The molecule has 0 spiro atoms. The Balaban J connectivity index is 0. The Hall–Kier alpha value is -9.85. The van der Waals surface area contributed by atoms with Crippen molar-refractivity contribution < 1.29 is 192 Å². The molecule has 0 unspecified atom stereocenters. The van der Waals surface area contributed by atoms with Gasteiger partial charge in [-0.25, -0.2) is 44.7 Å². The van der Waals surface area contributed by atoms with Gasteiger partial charge in [0.05, 0.1) is 31.3 Å². The molecular formula is C81H81ClF8N2O18UVW. The number of aromatic carboxylic acids is 1. The van der Waals surface area contributed by atoms with Crippen LogP contribution in [0.25, 0.3) is 44.5 Å². The number of amides is 2. The van der Waals surface area contributed by atoms with Crippen LogP contribution in [0.4, 0.5) is 35.1 Å². The first-order valence-corrected chi connectivity index (χ1v) is 32.9. The normalized spacial score (nSPS) is 9.96. The summed E-state index contributed by atoms with van der Waals surface area (Å²) in [4.78, 5) is 114. The third kappa shape index (κ3) is 36.7. The van der Waals surface area contributed by atoms with E-state index >= 15 is 0 Å². The van der Waals surface area contributed by atoms with Crippen LogP contribution in [0.2, 0.25) is 0 Å². The third-order valence-corrected chi connectivity index (χ3v) is 14.0. The summed E-state index contributed by atoms with van der Waals surface area (Å²) in [5, 5.41) is 22.8. The predicted octanol–water partition coefficient (Wildman–Crippen LogP) is 17.2. The van der Waals surface area contributed by atoms with Gasteiger partial charge in [-0.1, -0.05) is 77.3 Å². The van der Waals surface area contributed by atoms with Crippen LogP contribution in [0.15, 0.2) is 170 Å². The number of hydrogen-bond donors (Lipinski definition) is 4. The molecule has 32 heteroatoms. The van der Waals surface area contributed by atoms with Crippen molar-refractivity contribution in [3.05, 3.63) is 239 Å². The molecule has 113 heavy (non-hydrogen) atoms. The Morgan fingerprint density at radius 3 is 1.03 bits per heavy atom. The van der Waals surface area contributed by atoms with Crippen molar-refractivity contribution >= 4 is 70.4 Å². The van der Waals surface area contributed by atoms with Crippen molar-refractivity contribution in [3.8, 4) is 67.5 Å². The van der Waals surface area contributed by atoms with Gasteiger partial charge in [0, 0.05) is 171 Å². The number of ether oxygens (including phenoxy) is 6. The van der Waals surface area contributed by atoms with Gasteiger partial charge in [0.1, 0.15) is 80.7 Å². The van der Waals surface area contributed by atoms with Crippen LogP contribution in [0.1, 0.15) is 136 Å². The second-order valence-electron chi connectivity index (χ2n) is 22.2. The first-order chi connectivity index (χ1) is 51.3. The molecule has 8 aromatic rings. The standard InChI is InChI=1S/C24H25F2NO5.C18H17F2NO4.C16H12F2O4.C15H10F2O4.C6H9ClO.2CH4.U.V.W/c1-3-4-5-7-23(29)31-13-6-12-27-24(30)20-14-17(8-11-22(20)32-16(2)28)19-10-9-18(25)15-21(19)26;1-11(23)25-17-6-3-12(14-5-4-13(19)10-16(14)20)9-15(17)18(24)21-7-2-8-22;1-9(19)22-15-6-3-10(7-13(15)16(20)21-2)12-5-4-11(17)8-14(12)18;1-8(18)21-14-5-2-9(6-12(14)15(19)20)11-4-3-10(16)7-13(11)17;1-2-3-4-5-6(7)8;;;;;/h4-5,8-11,14-15H,3,6-7,12-13H2,1-2H3,(H,27,30);3-6,9-10,22H,2,7-8H2,1H3,(H,21,24);3-8H,1-2H3;2-7H,1H3,(H,19,20);3-4H,2,5H2,1H3;2*1H4;;;/b5-4-;;;;4-3-;;;;;. The largest absolute Gasteiger partial charge is 0.478 e. The van der Waals surface area contributed by atoms with Gasteiger partial charge in [-0.15, -0.1) is 0 Å². The number of aliphatic hydroxyl groups is 1. The number of carbonyl (C=O) groups excluding carboxylic acids is 9. The van der Waals surface area contributed by atoms with Crippen molar-refractivity contribution in [2.75, 3.05) is 33.4 Å². The van der Waals surface area contributed by atoms with E-state index in [0.717, 1.165) is 68.3 Å². The molecule has 0 saturated carbocycles. The van der Waals surface area contributed by atoms with Gasteiger partial charge in [0.2, 0.25) is 5.24 Å². The number of carbonyl (C=O) groups is 10. The van der Waals surface area contributed by atoms with E-state index in [9.17, 15) is 83.1 Å². The number of carboxylic acids is 1. The molecule has 0 heterocycles. The summed E-state index contributed by atoms with van der Waals surface area (Å²) in [6.07, 6.45) is 10.4. The molecule has 1 radical (unpaired) electrons. The quantitative estimate of drug-likeness (QED) is 0.0103. The summed E-state index contributed by atoms with van der Waals surface area (Å²) in [6, 6.07) is 28.7. The molecule has 2 amide bonds. The van der Waals surface area contributed by atoms with Gasteiger partial charge in [-0.2, -0.15) is 0 Å². The number of hydrogen-bond acceptors (Lipinski definition) is 17. The van der Waals surface area contributed by atoms with E-state index in [1.165, 1.54) is 119 Å². The number of allylic oxidation sites excluding steroid dienone is 3. The van der Waals surface area contributed by atoms with Gasteiger partial charge in [0.15, 0.2) is 0 Å². The van der Waals surface area contributed by atoms with E-state index in [0.29, 0.717) is 42.0 Å². The number of esters is 6. The van der Waals surface area contributed by atoms with Gasteiger partial charge in [-0.3, -0.25) is 38.4 Å². The van der Waals surface area contributed by atoms with Crippen molar-refractivity contribution in [3.63, 3.8) is 0 Å². The predicted molar refractivity (Wildman–Crippen MR) is 395 cm³/mol. The topological polar surface area (TPSA) is 291 Å². The summed E-state index contributed by atoms with van der Waals surface area (Å²) in [6.45, 7) is 9.16. The summed E-state index contributed by atoms with van der Waals surface area (Å²) in [5.41, 5.74) is 1.32. The van der Waals surface area contributed by atoms with Crippen LogP contribution in [-0.2, 0) is 77.9 Å². The van der Waals surface area contributed by atoms with Crippen molar-refractivity contribution in [1.29, 1.82) is 0 Å².